The van der Waals surface area contributed by atoms with Crippen molar-refractivity contribution in [3.63, 3.8) is 0 Å². The standard InChI is InChI=1S/C24H30N4O3/c1-17(29)28-14-21(15-28)26-24-12-19(8-10-25-24)23(31)7-6-22(30)16-27-11-9-18-4-2-3-5-20(18)13-27/h2-5,8,10,12,21-22,30H,6-7,9,11,13-16H2,1H3,(H,25,26)/t22-/m0/s1. The van der Waals surface area contributed by atoms with Gasteiger partial charge in [0.2, 0.25) is 5.91 Å². The van der Waals surface area contributed by atoms with Crippen LogP contribution in [-0.4, -0.2) is 69.9 Å². The number of pyridine rings is 1. The fourth-order valence-electron chi connectivity index (χ4n) is 4.26. The molecule has 31 heavy (non-hydrogen) atoms. The van der Waals surface area contributed by atoms with Gasteiger partial charge in [-0.2, -0.15) is 0 Å². The molecule has 3 heterocycles. The number of fused-ring (bicyclic) bond motifs is 1. The van der Waals surface area contributed by atoms with Crippen LogP contribution in [0.5, 0.6) is 0 Å². The average molecular weight is 423 g/mol. The molecule has 2 aromatic rings. The van der Waals surface area contributed by atoms with Crippen LogP contribution in [0.4, 0.5) is 5.82 Å². The van der Waals surface area contributed by atoms with Crippen molar-refractivity contribution in [1.82, 2.24) is 14.8 Å². The monoisotopic (exact) mass is 422 g/mol. The number of likely N-dealkylation sites (tertiary alicyclic amines) is 1. The maximum absolute atomic E-state index is 12.6. The van der Waals surface area contributed by atoms with E-state index in [-0.39, 0.29) is 17.7 Å². The summed E-state index contributed by atoms with van der Waals surface area (Å²) < 4.78 is 0. The molecule has 1 fully saturated rings. The molecule has 1 atom stereocenters. The topological polar surface area (TPSA) is 85.8 Å². The number of Topliss-reactive ketones (excluding diaryl/α,β-unsaturated/α-hetero) is 1. The van der Waals surface area contributed by atoms with Gasteiger partial charge in [0, 0.05) is 57.8 Å². The number of benzene rings is 1. The molecule has 2 aliphatic rings. The number of nitrogens with zero attached hydrogens (tertiary/aromatic N) is 3. The van der Waals surface area contributed by atoms with E-state index in [2.05, 4.69) is 39.5 Å². The number of aliphatic hydroxyl groups excluding tert-OH is 1. The lowest BCUT2D eigenvalue weighted by atomic mass is 9.99. The molecular weight excluding hydrogens is 392 g/mol. The molecule has 0 unspecified atom stereocenters. The zero-order valence-corrected chi connectivity index (χ0v) is 18.0. The second kappa shape index (κ2) is 9.58. The Bertz CT molecular complexity index is 942. The van der Waals surface area contributed by atoms with E-state index >= 15 is 0 Å². The number of β-amino-alcohol motifs (C(OH)–C–C–N with tert-alkyl or cyclic N) is 1. The highest BCUT2D eigenvalue weighted by molar-refractivity contribution is 5.96. The van der Waals surface area contributed by atoms with E-state index in [9.17, 15) is 14.7 Å². The van der Waals surface area contributed by atoms with E-state index in [1.165, 1.54) is 11.1 Å². The van der Waals surface area contributed by atoms with Crippen molar-refractivity contribution in [2.24, 2.45) is 0 Å². The van der Waals surface area contributed by atoms with E-state index in [4.69, 9.17) is 0 Å². The normalized spacial score (nSPS) is 17.5. The van der Waals surface area contributed by atoms with Gasteiger partial charge in [-0.25, -0.2) is 4.98 Å². The first-order valence-corrected chi connectivity index (χ1v) is 11.0. The van der Waals surface area contributed by atoms with Gasteiger partial charge in [0.25, 0.3) is 0 Å². The van der Waals surface area contributed by atoms with Crippen LogP contribution in [0, 0.1) is 0 Å². The molecule has 1 aromatic carbocycles. The number of hydrogen-bond acceptors (Lipinski definition) is 6. The van der Waals surface area contributed by atoms with Gasteiger partial charge >= 0.3 is 0 Å². The van der Waals surface area contributed by atoms with Crippen molar-refractivity contribution < 1.29 is 14.7 Å². The highest BCUT2D eigenvalue weighted by Gasteiger charge is 2.28. The van der Waals surface area contributed by atoms with Crippen LogP contribution in [-0.2, 0) is 17.8 Å². The summed E-state index contributed by atoms with van der Waals surface area (Å²) in [6.45, 7) is 5.24. The molecule has 0 radical (unpaired) electrons. The third kappa shape index (κ3) is 5.48. The highest BCUT2D eigenvalue weighted by Crippen LogP contribution is 2.20. The van der Waals surface area contributed by atoms with Crippen LogP contribution in [0.1, 0.15) is 41.3 Å². The van der Waals surface area contributed by atoms with Gasteiger partial charge in [-0.3, -0.25) is 14.5 Å². The minimum atomic E-state index is -0.527. The number of aromatic nitrogens is 1. The average Bonchev–Trinajstić information content (AvgIpc) is 2.74. The molecule has 2 aliphatic heterocycles. The number of carbonyl (C=O) groups is 2. The van der Waals surface area contributed by atoms with Crippen LogP contribution in [0.3, 0.4) is 0 Å². The Kier molecular flexibility index (Phi) is 6.63. The molecule has 164 valence electrons. The lowest BCUT2D eigenvalue weighted by Crippen LogP contribution is -2.56. The third-order valence-corrected chi connectivity index (χ3v) is 6.14. The number of nitrogens with one attached hydrogen (secondary N) is 1. The molecule has 0 bridgehead atoms. The Labute approximate surface area is 183 Å². The Morgan fingerprint density at radius 3 is 2.77 bits per heavy atom. The minimum Gasteiger partial charge on any atom is -0.392 e. The molecule has 1 saturated heterocycles. The van der Waals surface area contributed by atoms with Crippen molar-refractivity contribution >= 4 is 17.5 Å². The molecule has 7 nitrogen and oxygen atoms in total. The van der Waals surface area contributed by atoms with Crippen LogP contribution in [0.2, 0.25) is 0 Å². The third-order valence-electron chi connectivity index (χ3n) is 6.14. The minimum absolute atomic E-state index is 0.00691. The Balaban J connectivity index is 1.23. The summed E-state index contributed by atoms with van der Waals surface area (Å²) in [5, 5.41) is 13.7. The largest absolute Gasteiger partial charge is 0.392 e. The number of carbonyl (C=O) groups excluding carboxylic acids is 2. The number of anilines is 1. The number of rotatable bonds is 8. The summed E-state index contributed by atoms with van der Waals surface area (Å²) in [5.74, 6) is 0.723. The van der Waals surface area contributed by atoms with Gasteiger partial charge in [0.05, 0.1) is 12.1 Å². The Morgan fingerprint density at radius 2 is 2.00 bits per heavy atom. The zero-order valence-electron chi connectivity index (χ0n) is 18.0. The van der Waals surface area contributed by atoms with E-state index < -0.39 is 6.10 Å². The van der Waals surface area contributed by atoms with E-state index in [0.29, 0.717) is 43.9 Å². The van der Waals surface area contributed by atoms with Gasteiger partial charge in [0.1, 0.15) is 5.82 Å². The van der Waals surface area contributed by atoms with Crippen molar-refractivity contribution in [3.05, 3.63) is 59.3 Å². The lowest BCUT2D eigenvalue weighted by Gasteiger charge is -2.39. The van der Waals surface area contributed by atoms with E-state index in [0.717, 1.165) is 19.5 Å². The number of ketones is 1. The number of hydrogen-bond donors (Lipinski definition) is 2. The molecule has 0 aliphatic carbocycles. The maximum atomic E-state index is 12.6. The summed E-state index contributed by atoms with van der Waals surface area (Å²) in [5.41, 5.74) is 3.31. The van der Waals surface area contributed by atoms with Crippen molar-refractivity contribution in [2.45, 2.75) is 44.9 Å². The summed E-state index contributed by atoms with van der Waals surface area (Å²) in [4.78, 5) is 32.2. The summed E-state index contributed by atoms with van der Waals surface area (Å²) in [7, 11) is 0. The first-order valence-electron chi connectivity index (χ1n) is 11.0. The molecule has 7 heteroatoms. The summed E-state index contributed by atoms with van der Waals surface area (Å²) in [6, 6.07) is 12.1. The highest BCUT2D eigenvalue weighted by atomic mass is 16.3. The SMILES string of the molecule is CC(=O)N1CC(Nc2cc(C(=O)CC[C@H](O)CN3CCc4ccccc4C3)ccn2)C1. The second-order valence-corrected chi connectivity index (χ2v) is 8.56. The van der Waals surface area contributed by atoms with Gasteiger partial charge in [-0.05, 0) is 36.1 Å². The predicted molar refractivity (Wildman–Crippen MR) is 119 cm³/mol. The van der Waals surface area contributed by atoms with Crippen molar-refractivity contribution in [3.8, 4) is 0 Å². The van der Waals surface area contributed by atoms with Crippen LogP contribution in [0.25, 0.3) is 0 Å². The number of amides is 1. The van der Waals surface area contributed by atoms with Crippen LogP contribution < -0.4 is 5.32 Å². The molecule has 0 spiro atoms. The Morgan fingerprint density at radius 1 is 1.23 bits per heavy atom. The van der Waals surface area contributed by atoms with Gasteiger partial charge < -0.3 is 15.3 Å². The molecule has 2 N–H and O–H groups in total. The fraction of sp³-hybridized carbons (Fsp3) is 0.458. The predicted octanol–water partition coefficient (Wildman–Crippen LogP) is 2.11. The molecule has 0 saturated carbocycles. The molecule has 1 amide bonds. The maximum Gasteiger partial charge on any atom is 0.219 e. The quantitative estimate of drug-likeness (QED) is 0.634. The van der Waals surface area contributed by atoms with Gasteiger partial charge in [-0.15, -0.1) is 0 Å². The smallest absolute Gasteiger partial charge is 0.219 e. The summed E-state index contributed by atoms with van der Waals surface area (Å²) in [6.07, 6.45) is 2.84. The number of aliphatic hydroxyl groups is 1. The van der Waals surface area contributed by atoms with Gasteiger partial charge in [0.15, 0.2) is 5.78 Å². The van der Waals surface area contributed by atoms with E-state index in [1.807, 2.05) is 0 Å². The van der Waals surface area contributed by atoms with E-state index in [1.54, 1.807) is 30.2 Å². The zero-order chi connectivity index (χ0) is 21.8. The first kappa shape index (κ1) is 21.5. The Hall–Kier alpha value is -2.77. The van der Waals surface area contributed by atoms with Crippen molar-refractivity contribution in [2.75, 3.05) is 31.5 Å². The van der Waals surface area contributed by atoms with Crippen LogP contribution >= 0.6 is 0 Å². The molecule has 1 aromatic heterocycles. The van der Waals surface area contributed by atoms with Crippen molar-refractivity contribution in [1.29, 1.82) is 0 Å². The van der Waals surface area contributed by atoms with Crippen LogP contribution in [0.15, 0.2) is 42.6 Å². The first-order chi connectivity index (χ1) is 15.0. The van der Waals surface area contributed by atoms with Gasteiger partial charge in [-0.1, -0.05) is 24.3 Å². The molecular formula is C24H30N4O3. The lowest BCUT2D eigenvalue weighted by molar-refractivity contribution is -0.132. The summed E-state index contributed by atoms with van der Waals surface area (Å²) >= 11 is 0. The fourth-order valence-corrected chi connectivity index (χ4v) is 4.26. The molecule has 4 rings (SSSR count). The second-order valence-electron chi connectivity index (χ2n) is 8.56.